The summed E-state index contributed by atoms with van der Waals surface area (Å²) in [6, 6.07) is 9.71. The number of aromatic nitrogens is 1. The van der Waals surface area contributed by atoms with E-state index in [-0.39, 0.29) is 4.90 Å². The largest absolute Gasteiger partial charge is 0.295 e. The van der Waals surface area contributed by atoms with Crippen molar-refractivity contribution >= 4 is 10.0 Å². The quantitative estimate of drug-likeness (QED) is 0.848. The molecule has 2 heterocycles. The van der Waals surface area contributed by atoms with E-state index in [2.05, 4.69) is 9.88 Å². The molecule has 7 heteroatoms. The molecule has 1 aromatic carbocycles. The van der Waals surface area contributed by atoms with Crippen molar-refractivity contribution in [2.24, 2.45) is 0 Å². The van der Waals surface area contributed by atoms with E-state index in [1.807, 2.05) is 18.2 Å². The Morgan fingerprint density at radius 3 is 2.50 bits per heavy atom. The normalized spacial score (nSPS) is 17.1. The summed E-state index contributed by atoms with van der Waals surface area (Å²) in [6.07, 6.45) is 1.76. The molecule has 0 atom stereocenters. The first-order valence-electron chi connectivity index (χ1n) is 7.85. The SMILES string of the molecule is Cc1cc(S(=O)(=O)N2CCN(Cc3ccccn3)CC2)ccc1F. The molecule has 1 aliphatic heterocycles. The second-order valence-corrected chi connectivity index (χ2v) is 7.85. The average molecular weight is 349 g/mol. The van der Waals surface area contributed by atoms with Crippen LogP contribution in [0.15, 0.2) is 47.5 Å². The minimum Gasteiger partial charge on any atom is -0.295 e. The number of benzene rings is 1. The van der Waals surface area contributed by atoms with E-state index in [0.29, 0.717) is 38.3 Å². The van der Waals surface area contributed by atoms with Gasteiger partial charge in [0.2, 0.25) is 10.0 Å². The lowest BCUT2D eigenvalue weighted by molar-refractivity contribution is 0.180. The van der Waals surface area contributed by atoms with Gasteiger partial charge in [-0.05, 0) is 42.8 Å². The molecule has 1 aliphatic rings. The predicted molar refractivity (Wildman–Crippen MR) is 89.4 cm³/mol. The van der Waals surface area contributed by atoms with Crippen molar-refractivity contribution in [3.63, 3.8) is 0 Å². The fourth-order valence-electron chi connectivity index (χ4n) is 2.78. The van der Waals surface area contributed by atoms with Crippen LogP contribution in [0.25, 0.3) is 0 Å². The van der Waals surface area contributed by atoms with Crippen LogP contribution in [0.4, 0.5) is 4.39 Å². The van der Waals surface area contributed by atoms with Gasteiger partial charge >= 0.3 is 0 Å². The molecule has 1 saturated heterocycles. The predicted octanol–water partition coefficient (Wildman–Crippen LogP) is 2.04. The van der Waals surface area contributed by atoms with Crippen LogP contribution in [0, 0.1) is 12.7 Å². The van der Waals surface area contributed by atoms with Crippen molar-refractivity contribution in [3.8, 4) is 0 Å². The fraction of sp³-hybridized carbons (Fsp3) is 0.353. The van der Waals surface area contributed by atoms with Gasteiger partial charge in [0.25, 0.3) is 0 Å². The van der Waals surface area contributed by atoms with Crippen LogP contribution >= 0.6 is 0 Å². The van der Waals surface area contributed by atoms with Gasteiger partial charge in [-0.2, -0.15) is 4.31 Å². The summed E-state index contributed by atoms with van der Waals surface area (Å²) in [7, 11) is -3.57. The number of hydrogen-bond donors (Lipinski definition) is 0. The molecule has 2 aromatic rings. The first kappa shape index (κ1) is 17.0. The highest BCUT2D eigenvalue weighted by Gasteiger charge is 2.28. The Kier molecular flexibility index (Phi) is 4.93. The third-order valence-electron chi connectivity index (χ3n) is 4.21. The van der Waals surface area contributed by atoms with Gasteiger partial charge in [0, 0.05) is 38.9 Å². The highest BCUT2D eigenvalue weighted by molar-refractivity contribution is 7.89. The van der Waals surface area contributed by atoms with Gasteiger partial charge in [-0.1, -0.05) is 6.07 Å². The highest BCUT2D eigenvalue weighted by Crippen LogP contribution is 2.20. The highest BCUT2D eigenvalue weighted by atomic mass is 32.2. The molecule has 24 heavy (non-hydrogen) atoms. The zero-order valence-electron chi connectivity index (χ0n) is 13.5. The lowest BCUT2D eigenvalue weighted by atomic mass is 10.2. The summed E-state index contributed by atoms with van der Waals surface area (Å²) in [5, 5.41) is 0. The molecule has 128 valence electrons. The Labute approximate surface area is 141 Å². The number of hydrogen-bond acceptors (Lipinski definition) is 4. The summed E-state index contributed by atoms with van der Waals surface area (Å²) < 4.78 is 40.2. The van der Waals surface area contributed by atoms with Crippen molar-refractivity contribution in [2.45, 2.75) is 18.4 Å². The molecule has 3 rings (SSSR count). The van der Waals surface area contributed by atoms with Crippen LogP contribution < -0.4 is 0 Å². The molecule has 0 saturated carbocycles. The summed E-state index contributed by atoms with van der Waals surface area (Å²) in [4.78, 5) is 6.63. The summed E-state index contributed by atoms with van der Waals surface area (Å²) >= 11 is 0. The molecule has 0 unspecified atom stereocenters. The molecule has 0 spiro atoms. The molecule has 0 N–H and O–H groups in total. The Hall–Kier alpha value is -1.83. The first-order chi connectivity index (χ1) is 11.5. The number of halogens is 1. The molecular weight excluding hydrogens is 329 g/mol. The Bertz CT molecular complexity index is 804. The zero-order chi connectivity index (χ0) is 17.2. The number of pyridine rings is 1. The monoisotopic (exact) mass is 349 g/mol. The molecule has 0 bridgehead atoms. The van der Waals surface area contributed by atoms with Crippen molar-refractivity contribution in [1.82, 2.24) is 14.2 Å². The number of rotatable bonds is 4. The van der Waals surface area contributed by atoms with Crippen LogP contribution in [0.1, 0.15) is 11.3 Å². The van der Waals surface area contributed by atoms with E-state index in [0.717, 1.165) is 5.69 Å². The Balaban J connectivity index is 1.66. The summed E-state index contributed by atoms with van der Waals surface area (Å²) in [5.41, 5.74) is 1.31. The molecule has 0 aliphatic carbocycles. The summed E-state index contributed by atoms with van der Waals surface area (Å²) in [5.74, 6) is -0.394. The maximum atomic E-state index is 13.4. The molecule has 0 amide bonds. The van der Waals surface area contributed by atoms with Gasteiger partial charge in [0.15, 0.2) is 0 Å². The van der Waals surface area contributed by atoms with Gasteiger partial charge in [-0.25, -0.2) is 12.8 Å². The van der Waals surface area contributed by atoms with E-state index in [9.17, 15) is 12.8 Å². The van der Waals surface area contributed by atoms with Crippen molar-refractivity contribution in [3.05, 3.63) is 59.7 Å². The third kappa shape index (κ3) is 3.63. The summed E-state index contributed by atoms with van der Waals surface area (Å²) in [6.45, 7) is 4.42. The van der Waals surface area contributed by atoms with Crippen LogP contribution in [0.2, 0.25) is 0 Å². The zero-order valence-corrected chi connectivity index (χ0v) is 14.3. The number of sulfonamides is 1. The van der Waals surface area contributed by atoms with Gasteiger partial charge in [0.05, 0.1) is 10.6 Å². The average Bonchev–Trinajstić information content (AvgIpc) is 2.58. The lowest BCUT2D eigenvalue weighted by Gasteiger charge is -2.33. The fourth-order valence-corrected chi connectivity index (χ4v) is 4.28. The molecular formula is C17H20FN3O2S. The molecule has 1 aromatic heterocycles. The third-order valence-corrected chi connectivity index (χ3v) is 6.10. The van der Waals surface area contributed by atoms with Crippen LogP contribution in [0.3, 0.4) is 0 Å². The first-order valence-corrected chi connectivity index (χ1v) is 9.29. The molecule has 1 fully saturated rings. The van der Waals surface area contributed by atoms with Crippen molar-refractivity contribution in [1.29, 1.82) is 0 Å². The standard InChI is InChI=1S/C17H20FN3O2S/c1-14-12-16(5-6-17(14)18)24(22,23)21-10-8-20(9-11-21)13-15-4-2-3-7-19-15/h2-7,12H,8-11,13H2,1H3. The molecule has 5 nitrogen and oxygen atoms in total. The van der Waals surface area contributed by atoms with E-state index >= 15 is 0 Å². The van der Waals surface area contributed by atoms with E-state index in [4.69, 9.17) is 0 Å². The lowest BCUT2D eigenvalue weighted by Crippen LogP contribution is -2.48. The second kappa shape index (κ2) is 6.96. The Morgan fingerprint density at radius 2 is 1.88 bits per heavy atom. The minimum absolute atomic E-state index is 0.152. The maximum Gasteiger partial charge on any atom is 0.243 e. The van der Waals surface area contributed by atoms with Crippen molar-refractivity contribution in [2.75, 3.05) is 26.2 Å². The van der Waals surface area contributed by atoms with Gasteiger partial charge in [-0.15, -0.1) is 0 Å². The Morgan fingerprint density at radius 1 is 1.12 bits per heavy atom. The number of piperazine rings is 1. The molecule has 0 radical (unpaired) electrons. The van der Waals surface area contributed by atoms with Crippen LogP contribution in [-0.4, -0.2) is 48.8 Å². The smallest absolute Gasteiger partial charge is 0.243 e. The number of nitrogens with zero attached hydrogens (tertiary/aromatic N) is 3. The van der Waals surface area contributed by atoms with Gasteiger partial charge in [0.1, 0.15) is 5.82 Å². The van der Waals surface area contributed by atoms with Gasteiger partial charge in [-0.3, -0.25) is 9.88 Å². The maximum absolute atomic E-state index is 13.4. The minimum atomic E-state index is -3.57. The van der Waals surface area contributed by atoms with E-state index in [1.54, 1.807) is 13.1 Å². The number of aryl methyl sites for hydroxylation is 1. The van der Waals surface area contributed by atoms with E-state index in [1.165, 1.54) is 22.5 Å². The topological polar surface area (TPSA) is 53.5 Å². The van der Waals surface area contributed by atoms with Crippen LogP contribution in [-0.2, 0) is 16.6 Å². The second-order valence-electron chi connectivity index (χ2n) is 5.91. The van der Waals surface area contributed by atoms with Crippen molar-refractivity contribution < 1.29 is 12.8 Å². The van der Waals surface area contributed by atoms with E-state index < -0.39 is 15.8 Å². The van der Waals surface area contributed by atoms with Gasteiger partial charge < -0.3 is 0 Å². The van der Waals surface area contributed by atoms with Crippen LogP contribution in [0.5, 0.6) is 0 Å².